The van der Waals surface area contributed by atoms with Crippen molar-refractivity contribution in [2.45, 2.75) is 38.8 Å². The van der Waals surface area contributed by atoms with Crippen LogP contribution >= 0.6 is 0 Å². The van der Waals surface area contributed by atoms with Crippen molar-refractivity contribution in [1.29, 1.82) is 0 Å². The number of hydrogen-bond donors (Lipinski definition) is 1. The molecule has 0 unspecified atom stereocenters. The lowest BCUT2D eigenvalue weighted by atomic mass is 10.1. The van der Waals surface area contributed by atoms with E-state index < -0.39 is 8.07 Å². The van der Waals surface area contributed by atoms with E-state index >= 15 is 0 Å². The smallest absolute Gasteiger partial charge is 0.140 e. The van der Waals surface area contributed by atoms with E-state index in [1.165, 1.54) is 6.07 Å². The van der Waals surface area contributed by atoms with Gasteiger partial charge in [-0.3, -0.25) is 0 Å². The number of fused-ring (bicyclic) bond motifs is 1. The SMILES string of the molecule is C[Si](C)(C)CCOCn1nc(CCO)c2c(F)cccc21. The Labute approximate surface area is 125 Å². The highest BCUT2D eigenvalue weighted by Crippen LogP contribution is 2.22. The molecule has 0 saturated carbocycles. The molecule has 2 aromatic rings. The lowest BCUT2D eigenvalue weighted by Gasteiger charge is -2.15. The predicted octanol–water partition coefficient (Wildman–Crippen LogP) is 3.02. The number of benzene rings is 1. The lowest BCUT2D eigenvalue weighted by Crippen LogP contribution is -2.22. The van der Waals surface area contributed by atoms with E-state index in [-0.39, 0.29) is 12.4 Å². The van der Waals surface area contributed by atoms with E-state index in [1.54, 1.807) is 10.7 Å². The maximum atomic E-state index is 14.0. The van der Waals surface area contributed by atoms with Crippen LogP contribution in [0.3, 0.4) is 0 Å². The van der Waals surface area contributed by atoms with Gasteiger partial charge in [-0.1, -0.05) is 25.7 Å². The van der Waals surface area contributed by atoms with Gasteiger partial charge in [0.1, 0.15) is 12.5 Å². The Balaban J connectivity index is 2.14. The molecule has 6 heteroatoms. The van der Waals surface area contributed by atoms with Gasteiger partial charge in [-0.05, 0) is 18.2 Å². The number of hydrogen-bond acceptors (Lipinski definition) is 3. The first-order chi connectivity index (χ1) is 9.92. The summed E-state index contributed by atoms with van der Waals surface area (Å²) in [6, 6.07) is 6.00. The average Bonchev–Trinajstić information content (AvgIpc) is 2.74. The van der Waals surface area contributed by atoms with E-state index in [0.29, 0.717) is 36.4 Å². The molecule has 1 N–H and O–H groups in total. The maximum Gasteiger partial charge on any atom is 0.140 e. The van der Waals surface area contributed by atoms with Crippen LogP contribution in [-0.4, -0.2) is 36.2 Å². The summed E-state index contributed by atoms with van der Waals surface area (Å²) in [6.45, 7) is 7.87. The molecule has 0 radical (unpaired) electrons. The van der Waals surface area contributed by atoms with Crippen molar-refractivity contribution in [2.75, 3.05) is 13.2 Å². The van der Waals surface area contributed by atoms with E-state index in [1.807, 2.05) is 6.07 Å². The number of rotatable bonds is 7. The molecule has 0 aliphatic rings. The van der Waals surface area contributed by atoms with Gasteiger partial charge in [-0.25, -0.2) is 9.07 Å². The summed E-state index contributed by atoms with van der Waals surface area (Å²) in [6.07, 6.45) is 0.347. The highest BCUT2D eigenvalue weighted by molar-refractivity contribution is 6.76. The first kappa shape index (κ1) is 16.1. The predicted molar refractivity (Wildman–Crippen MR) is 84.6 cm³/mol. The Kier molecular flexibility index (Phi) is 5.13. The Morgan fingerprint density at radius 2 is 2.10 bits per heavy atom. The average molecular weight is 310 g/mol. The highest BCUT2D eigenvalue weighted by atomic mass is 28.3. The fourth-order valence-corrected chi connectivity index (χ4v) is 2.93. The summed E-state index contributed by atoms with van der Waals surface area (Å²) < 4.78 is 21.3. The van der Waals surface area contributed by atoms with Crippen LogP contribution in [0.1, 0.15) is 5.69 Å². The van der Waals surface area contributed by atoms with Gasteiger partial charge in [0.25, 0.3) is 0 Å². The van der Waals surface area contributed by atoms with Crippen LogP contribution in [0.15, 0.2) is 18.2 Å². The molecule has 0 spiro atoms. The van der Waals surface area contributed by atoms with Crippen molar-refractivity contribution >= 4 is 19.0 Å². The van der Waals surface area contributed by atoms with E-state index in [4.69, 9.17) is 9.84 Å². The van der Waals surface area contributed by atoms with Gasteiger partial charge >= 0.3 is 0 Å². The van der Waals surface area contributed by atoms with Gasteiger partial charge in [0.15, 0.2) is 0 Å². The summed E-state index contributed by atoms with van der Waals surface area (Å²) in [5.74, 6) is -0.302. The van der Waals surface area contributed by atoms with Gasteiger partial charge in [0, 0.05) is 27.7 Å². The van der Waals surface area contributed by atoms with Gasteiger partial charge < -0.3 is 9.84 Å². The minimum Gasteiger partial charge on any atom is -0.396 e. The second kappa shape index (κ2) is 6.68. The molecule has 1 aromatic carbocycles. The van der Waals surface area contributed by atoms with Crippen LogP contribution in [0.2, 0.25) is 25.7 Å². The first-order valence-electron chi connectivity index (χ1n) is 7.25. The standard InChI is InChI=1S/C15H23FN2O2Si/c1-21(2,3)10-9-20-11-18-14-6-4-5-12(16)15(14)13(17-18)7-8-19/h4-6,19H,7-11H2,1-3H3. The second-order valence-electron chi connectivity index (χ2n) is 6.40. The summed E-state index contributed by atoms with van der Waals surface area (Å²) in [4.78, 5) is 0. The Hall–Kier alpha value is -1.24. The second-order valence-corrected chi connectivity index (χ2v) is 12.0. The molecule has 1 heterocycles. The molecular formula is C15H23FN2O2Si. The molecule has 0 aliphatic heterocycles. The first-order valence-corrected chi connectivity index (χ1v) is 11.0. The zero-order valence-electron chi connectivity index (χ0n) is 12.9. The number of aliphatic hydroxyl groups is 1. The van der Waals surface area contributed by atoms with Crippen LogP contribution in [0.5, 0.6) is 0 Å². The zero-order chi connectivity index (χ0) is 15.5. The number of aromatic nitrogens is 2. The van der Waals surface area contributed by atoms with E-state index in [9.17, 15) is 4.39 Å². The number of ether oxygens (including phenoxy) is 1. The molecule has 4 nitrogen and oxygen atoms in total. The van der Waals surface area contributed by atoms with Crippen LogP contribution in [0.4, 0.5) is 4.39 Å². The lowest BCUT2D eigenvalue weighted by molar-refractivity contribution is 0.0813. The van der Waals surface area contributed by atoms with Gasteiger partial charge in [-0.2, -0.15) is 5.10 Å². The van der Waals surface area contributed by atoms with E-state index in [2.05, 4.69) is 24.7 Å². The normalized spacial score (nSPS) is 12.2. The van der Waals surface area contributed by atoms with Crippen molar-refractivity contribution in [2.24, 2.45) is 0 Å². The molecule has 0 amide bonds. The molecule has 1 aromatic heterocycles. The molecule has 0 fully saturated rings. The van der Waals surface area contributed by atoms with Crippen molar-refractivity contribution in [3.8, 4) is 0 Å². The number of nitrogens with zero attached hydrogens (tertiary/aromatic N) is 2. The van der Waals surface area contributed by atoms with Crippen molar-refractivity contribution in [1.82, 2.24) is 9.78 Å². The van der Waals surface area contributed by atoms with E-state index in [0.717, 1.165) is 6.04 Å². The topological polar surface area (TPSA) is 47.3 Å². The third-order valence-corrected chi connectivity index (χ3v) is 5.06. The van der Waals surface area contributed by atoms with Gasteiger partial charge in [0.2, 0.25) is 0 Å². The Bertz CT molecular complexity index is 607. The largest absolute Gasteiger partial charge is 0.396 e. The molecular weight excluding hydrogens is 287 g/mol. The van der Waals surface area contributed by atoms with Gasteiger partial charge in [-0.15, -0.1) is 0 Å². The zero-order valence-corrected chi connectivity index (χ0v) is 13.9. The van der Waals surface area contributed by atoms with Crippen molar-refractivity contribution < 1.29 is 14.2 Å². The number of aliphatic hydroxyl groups excluding tert-OH is 1. The van der Waals surface area contributed by atoms with Crippen LogP contribution in [0, 0.1) is 5.82 Å². The van der Waals surface area contributed by atoms with Crippen molar-refractivity contribution in [3.63, 3.8) is 0 Å². The highest BCUT2D eigenvalue weighted by Gasteiger charge is 2.15. The number of halogens is 1. The molecule has 0 bridgehead atoms. The summed E-state index contributed by atoms with van der Waals surface area (Å²) in [5.41, 5.74) is 1.30. The Morgan fingerprint density at radius 3 is 2.76 bits per heavy atom. The van der Waals surface area contributed by atoms with Crippen LogP contribution in [-0.2, 0) is 17.9 Å². The fraction of sp³-hybridized carbons (Fsp3) is 0.533. The molecule has 0 atom stereocenters. The summed E-state index contributed by atoms with van der Waals surface area (Å²) >= 11 is 0. The quantitative estimate of drug-likeness (QED) is 0.631. The fourth-order valence-electron chi connectivity index (χ4n) is 2.17. The molecule has 2 rings (SSSR count). The molecule has 21 heavy (non-hydrogen) atoms. The molecule has 116 valence electrons. The monoisotopic (exact) mass is 310 g/mol. The molecule has 0 aliphatic carbocycles. The minimum atomic E-state index is -1.11. The van der Waals surface area contributed by atoms with Crippen molar-refractivity contribution in [3.05, 3.63) is 29.7 Å². The van der Waals surface area contributed by atoms with Gasteiger partial charge in [0.05, 0.1) is 16.6 Å². The Morgan fingerprint density at radius 1 is 1.33 bits per heavy atom. The van der Waals surface area contributed by atoms with Crippen LogP contribution in [0.25, 0.3) is 10.9 Å². The maximum absolute atomic E-state index is 14.0. The summed E-state index contributed by atoms with van der Waals surface area (Å²) in [5, 5.41) is 13.9. The minimum absolute atomic E-state index is 0.0447. The third kappa shape index (κ3) is 4.12. The summed E-state index contributed by atoms with van der Waals surface area (Å²) in [7, 11) is -1.11. The van der Waals surface area contributed by atoms with Crippen LogP contribution < -0.4 is 0 Å². The third-order valence-electron chi connectivity index (χ3n) is 3.36. The molecule has 0 saturated heterocycles.